The fourth-order valence-corrected chi connectivity index (χ4v) is 3.43. The molecule has 138 valence electrons. The number of aliphatic imine (C=N–C) groups is 1. The molecule has 3 atom stereocenters. The van der Waals surface area contributed by atoms with Crippen molar-refractivity contribution < 1.29 is 13.2 Å². The van der Waals surface area contributed by atoms with Gasteiger partial charge < -0.3 is 10.6 Å². The van der Waals surface area contributed by atoms with Crippen molar-refractivity contribution >= 4 is 5.96 Å². The third-order valence-electron chi connectivity index (χ3n) is 4.67. The summed E-state index contributed by atoms with van der Waals surface area (Å²) in [6, 6.07) is 10.7. The molecule has 1 aromatic rings. The molecule has 1 saturated heterocycles. The van der Waals surface area contributed by atoms with E-state index >= 15 is 0 Å². The van der Waals surface area contributed by atoms with Crippen molar-refractivity contribution in [3.63, 3.8) is 0 Å². The van der Waals surface area contributed by atoms with Gasteiger partial charge in [-0.15, -0.1) is 0 Å². The Labute approximate surface area is 146 Å². The number of guanidine groups is 1. The van der Waals surface area contributed by atoms with Crippen LogP contribution in [-0.4, -0.2) is 55.3 Å². The molecule has 7 heteroatoms. The highest BCUT2D eigenvalue weighted by molar-refractivity contribution is 5.81. The van der Waals surface area contributed by atoms with Gasteiger partial charge in [0.15, 0.2) is 5.96 Å². The van der Waals surface area contributed by atoms with Crippen LogP contribution in [0.3, 0.4) is 0 Å². The molecule has 1 aliphatic carbocycles. The number of nitrogens with zero attached hydrogens (tertiary/aromatic N) is 2. The van der Waals surface area contributed by atoms with Crippen LogP contribution < -0.4 is 10.6 Å². The Hall–Kier alpha value is -1.76. The molecule has 2 aliphatic rings. The molecule has 0 spiro atoms. The van der Waals surface area contributed by atoms with E-state index in [1.807, 2.05) is 25.1 Å². The molecular weight excluding hydrogens is 329 g/mol. The Morgan fingerprint density at radius 2 is 2.00 bits per heavy atom. The summed E-state index contributed by atoms with van der Waals surface area (Å²) in [5, 5.41) is 6.73. The minimum absolute atomic E-state index is 0.00840. The molecule has 0 bridgehead atoms. The summed E-state index contributed by atoms with van der Waals surface area (Å²) < 4.78 is 37.5. The lowest BCUT2D eigenvalue weighted by atomic mass is 10.1. The summed E-state index contributed by atoms with van der Waals surface area (Å²) >= 11 is 0. The zero-order chi connectivity index (χ0) is 17.9. The second-order valence-electron chi connectivity index (χ2n) is 6.81. The van der Waals surface area contributed by atoms with Gasteiger partial charge in [0.05, 0.1) is 6.54 Å². The van der Waals surface area contributed by atoms with Crippen LogP contribution in [0.5, 0.6) is 0 Å². The molecule has 1 saturated carbocycles. The normalized spacial score (nSPS) is 27.4. The lowest BCUT2D eigenvalue weighted by molar-refractivity contribution is -0.143. The van der Waals surface area contributed by atoms with Gasteiger partial charge in [-0.2, -0.15) is 13.2 Å². The SMILES string of the molecule is CCN=C(NC1CCN(CC(F)(F)F)C1)NC1CC1c1ccccc1. The van der Waals surface area contributed by atoms with Gasteiger partial charge >= 0.3 is 6.18 Å². The van der Waals surface area contributed by atoms with Crippen LogP contribution in [0.25, 0.3) is 0 Å². The summed E-state index contributed by atoms with van der Waals surface area (Å²) in [4.78, 5) is 5.90. The quantitative estimate of drug-likeness (QED) is 0.631. The first-order valence-corrected chi connectivity index (χ1v) is 8.86. The van der Waals surface area contributed by atoms with Crippen molar-refractivity contribution in [2.24, 2.45) is 4.99 Å². The Balaban J connectivity index is 1.49. The van der Waals surface area contributed by atoms with Gasteiger partial charge in [0.25, 0.3) is 0 Å². The first-order valence-electron chi connectivity index (χ1n) is 8.86. The predicted octanol–water partition coefficient (Wildman–Crippen LogP) is 2.73. The van der Waals surface area contributed by atoms with Crippen LogP contribution in [0.1, 0.15) is 31.2 Å². The van der Waals surface area contributed by atoms with Crippen molar-refractivity contribution in [3.05, 3.63) is 35.9 Å². The number of likely N-dealkylation sites (tertiary alicyclic amines) is 1. The van der Waals surface area contributed by atoms with Crippen LogP contribution in [0.4, 0.5) is 13.2 Å². The summed E-state index contributed by atoms with van der Waals surface area (Å²) in [5.74, 6) is 1.19. The topological polar surface area (TPSA) is 39.7 Å². The van der Waals surface area contributed by atoms with E-state index in [2.05, 4.69) is 27.8 Å². The van der Waals surface area contributed by atoms with Gasteiger partial charge in [0.2, 0.25) is 0 Å². The third-order valence-corrected chi connectivity index (χ3v) is 4.67. The van der Waals surface area contributed by atoms with E-state index in [0.717, 1.165) is 6.42 Å². The number of alkyl halides is 3. The standard InChI is InChI=1S/C18H25F3N4/c1-2-22-17(23-14-8-9-25(11-14)12-18(19,20)21)24-16-10-15(16)13-6-4-3-5-7-13/h3-7,14-16H,2,8-12H2,1H3,(H2,22,23,24). The van der Waals surface area contributed by atoms with E-state index in [-0.39, 0.29) is 6.04 Å². The minimum atomic E-state index is -4.13. The van der Waals surface area contributed by atoms with Crippen LogP contribution in [0, 0.1) is 0 Å². The Kier molecular flexibility index (Phi) is 5.51. The average Bonchev–Trinajstić information content (AvgIpc) is 3.18. The number of nitrogens with one attached hydrogen (secondary N) is 2. The molecule has 3 rings (SSSR count). The molecule has 3 unspecified atom stereocenters. The smallest absolute Gasteiger partial charge is 0.353 e. The summed E-state index contributed by atoms with van der Waals surface area (Å²) in [5.41, 5.74) is 1.31. The van der Waals surface area contributed by atoms with Gasteiger partial charge in [0, 0.05) is 37.6 Å². The molecule has 4 nitrogen and oxygen atoms in total. The highest BCUT2D eigenvalue weighted by Gasteiger charge is 2.39. The van der Waals surface area contributed by atoms with Gasteiger partial charge in [-0.05, 0) is 25.3 Å². The molecule has 1 aliphatic heterocycles. The highest BCUT2D eigenvalue weighted by atomic mass is 19.4. The first kappa shape index (κ1) is 18.0. The van der Waals surface area contributed by atoms with Crippen molar-refractivity contribution in [3.8, 4) is 0 Å². The van der Waals surface area contributed by atoms with Gasteiger partial charge in [-0.25, -0.2) is 0 Å². The van der Waals surface area contributed by atoms with Crippen LogP contribution in [0.2, 0.25) is 0 Å². The Bertz CT molecular complexity index is 588. The van der Waals surface area contributed by atoms with Crippen molar-refractivity contribution in [2.75, 3.05) is 26.2 Å². The fraction of sp³-hybridized carbons (Fsp3) is 0.611. The van der Waals surface area contributed by atoms with Crippen molar-refractivity contribution in [1.82, 2.24) is 15.5 Å². The molecule has 1 heterocycles. The van der Waals surface area contributed by atoms with Crippen LogP contribution in [0.15, 0.2) is 35.3 Å². The summed E-state index contributed by atoms with van der Waals surface area (Å²) in [6.45, 7) is 2.62. The van der Waals surface area contributed by atoms with E-state index < -0.39 is 12.7 Å². The van der Waals surface area contributed by atoms with Crippen molar-refractivity contribution in [2.45, 2.75) is 43.9 Å². The van der Waals surface area contributed by atoms with Gasteiger partial charge in [-0.1, -0.05) is 30.3 Å². The molecule has 2 fully saturated rings. The van der Waals surface area contributed by atoms with Gasteiger partial charge in [-0.3, -0.25) is 9.89 Å². The maximum atomic E-state index is 12.5. The number of hydrogen-bond donors (Lipinski definition) is 2. The second kappa shape index (κ2) is 7.64. The highest BCUT2D eigenvalue weighted by Crippen LogP contribution is 2.40. The Morgan fingerprint density at radius 3 is 2.68 bits per heavy atom. The third kappa shape index (κ3) is 5.36. The average molecular weight is 354 g/mol. The van der Waals surface area contributed by atoms with Crippen LogP contribution >= 0.6 is 0 Å². The van der Waals surface area contributed by atoms with E-state index in [1.165, 1.54) is 10.5 Å². The van der Waals surface area contributed by atoms with E-state index in [1.54, 1.807) is 0 Å². The second-order valence-corrected chi connectivity index (χ2v) is 6.81. The maximum absolute atomic E-state index is 12.5. The monoisotopic (exact) mass is 354 g/mol. The van der Waals surface area contributed by atoms with Crippen LogP contribution in [-0.2, 0) is 0 Å². The van der Waals surface area contributed by atoms with Gasteiger partial charge in [0.1, 0.15) is 0 Å². The first-order chi connectivity index (χ1) is 11.9. The molecule has 1 aromatic carbocycles. The number of benzene rings is 1. The predicted molar refractivity (Wildman–Crippen MR) is 92.7 cm³/mol. The number of hydrogen-bond acceptors (Lipinski definition) is 2. The summed E-state index contributed by atoms with van der Waals surface area (Å²) in [6.07, 6.45) is -2.38. The summed E-state index contributed by atoms with van der Waals surface area (Å²) in [7, 11) is 0. The zero-order valence-electron chi connectivity index (χ0n) is 14.4. The van der Waals surface area contributed by atoms with E-state index in [0.29, 0.717) is 44.0 Å². The Morgan fingerprint density at radius 1 is 1.24 bits per heavy atom. The minimum Gasteiger partial charge on any atom is -0.353 e. The molecule has 0 aromatic heterocycles. The molecular formula is C18H25F3N4. The maximum Gasteiger partial charge on any atom is 0.401 e. The molecule has 0 radical (unpaired) electrons. The van der Waals surface area contributed by atoms with Crippen molar-refractivity contribution in [1.29, 1.82) is 0 Å². The zero-order valence-corrected chi connectivity index (χ0v) is 14.4. The number of rotatable bonds is 5. The van der Waals surface area contributed by atoms with E-state index in [9.17, 15) is 13.2 Å². The number of halogens is 3. The van der Waals surface area contributed by atoms with E-state index in [4.69, 9.17) is 0 Å². The lowest BCUT2D eigenvalue weighted by Gasteiger charge is -2.20. The molecule has 2 N–H and O–H groups in total. The molecule has 25 heavy (non-hydrogen) atoms. The molecule has 0 amide bonds. The fourth-order valence-electron chi connectivity index (χ4n) is 3.43. The lowest BCUT2D eigenvalue weighted by Crippen LogP contribution is -2.46. The largest absolute Gasteiger partial charge is 0.401 e.